The standard InChI is InChI=1S/C39H64N8O9/c1-24(2)21-26(39(55)56)23-33(49)32(22-25-12-14-27(48)15-13-25)47-38(54)31-16-17-34(50)43-20-8-5-9-28(42)35(51)44-29(10-3-6-18-40)36(52)45-30(37(53)46-31)11-4-7-19-41/h12-15,24,26,28-32,48H,3-11,16-23,40-42H2,1-2H3,(H,43,50)(H,44,51)(H,45,52)(H,46,53)(H,47,54)(H,55,56)/t26-,28+,29+,30+,31+,32+/m1/s1. The Bertz CT molecular complexity index is 1440. The third-order valence-electron chi connectivity index (χ3n) is 9.69. The number of carbonyl (C=O) groups is 7. The Morgan fingerprint density at radius 1 is 0.839 bits per heavy atom. The minimum absolute atomic E-state index is 0.0114. The Morgan fingerprint density at radius 3 is 2.00 bits per heavy atom. The van der Waals surface area contributed by atoms with Gasteiger partial charge in [0.05, 0.1) is 18.0 Å². The lowest BCUT2D eigenvalue weighted by Crippen LogP contribution is -2.58. The SMILES string of the molecule is CC(C)C[C@H](CC(=O)[C@H](Cc1ccc(O)cc1)NC(=O)[C@@H]1CCC(=O)NCCCC[C@H](N)C(=O)N[C@@H](CCCCN)C(=O)N[C@@H](CCCCN)C(=O)N1)C(=O)O. The zero-order chi connectivity index (χ0) is 41.6. The summed E-state index contributed by atoms with van der Waals surface area (Å²) in [6, 6.07) is 0.340. The van der Waals surface area contributed by atoms with E-state index in [1.54, 1.807) is 12.1 Å². The molecule has 314 valence electrons. The van der Waals surface area contributed by atoms with Gasteiger partial charge in [0.15, 0.2) is 5.78 Å². The predicted octanol–water partition coefficient (Wildman–Crippen LogP) is 0.246. The molecule has 1 fully saturated rings. The molecule has 13 N–H and O–H groups in total. The molecular formula is C39H64N8O9. The number of carbonyl (C=O) groups excluding carboxylic acids is 6. The highest BCUT2D eigenvalue weighted by molar-refractivity contribution is 5.97. The monoisotopic (exact) mass is 788 g/mol. The lowest BCUT2D eigenvalue weighted by molar-refractivity contribution is -0.144. The van der Waals surface area contributed by atoms with Gasteiger partial charge in [-0.25, -0.2) is 0 Å². The van der Waals surface area contributed by atoms with Crippen LogP contribution >= 0.6 is 0 Å². The number of ketones is 1. The first-order chi connectivity index (χ1) is 26.6. The molecule has 1 heterocycles. The van der Waals surface area contributed by atoms with Gasteiger partial charge < -0.3 is 54.0 Å². The van der Waals surface area contributed by atoms with Crippen LogP contribution in [0.25, 0.3) is 0 Å². The summed E-state index contributed by atoms with van der Waals surface area (Å²) in [6.45, 7) is 4.66. The maximum atomic E-state index is 14.1. The molecule has 0 unspecified atom stereocenters. The van der Waals surface area contributed by atoms with E-state index >= 15 is 0 Å². The van der Waals surface area contributed by atoms with Gasteiger partial charge in [-0.1, -0.05) is 26.0 Å². The molecule has 1 aromatic rings. The van der Waals surface area contributed by atoms with Gasteiger partial charge >= 0.3 is 5.97 Å². The normalized spacial score (nSPS) is 21.7. The molecule has 56 heavy (non-hydrogen) atoms. The Labute approximate surface area is 329 Å². The Morgan fingerprint density at radius 2 is 1.43 bits per heavy atom. The number of rotatable bonds is 18. The zero-order valence-corrected chi connectivity index (χ0v) is 32.9. The van der Waals surface area contributed by atoms with Crippen LogP contribution in [0, 0.1) is 11.8 Å². The summed E-state index contributed by atoms with van der Waals surface area (Å²) in [6.07, 6.45) is 3.27. The van der Waals surface area contributed by atoms with Crippen LogP contribution in [0.15, 0.2) is 24.3 Å². The maximum Gasteiger partial charge on any atom is 0.306 e. The Hall–Kier alpha value is -4.61. The van der Waals surface area contributed by atoms with Crippen LogP contribution in [0.1, 0.15) is 103 Å². The predicted molar refractivity (Wildman–Crippen MR) is 210 cm³/mol. The summed E-state index contributed by atoms with van der Waals surface area (Å²) in [5.41, 5.74) is 18.1. The number of Topliss-reactive ketones (excluding diaryl/α,β-unsaturated/α-hetero) is 1. The summed E-state index contributed by atoms with van der Waals surface area (Å²) >= 11 is 0. The molecule has 0 bridgehead atoms. The van der Waals surface area contributed by atoms with Crippen LogP contribution in [-0.2, 0) is 40.0 Å². The van der Waals surface area contributed by atoms with E-state index in [1.165, 1.54) is 12.1 Å². The smallest absolute Gasteiger partial charge is 0.306 e. The van der Waals surface area contributed by atoms with E-state index in [4.69, 9.17) is 17.2 Å². The molecule has 6 atom stereocenters. The summed E-state index contributed by atoms with van der Waals surface area (Å²) in [5.74, 6) is -5.79. The zero-order valence-electron chi connectivity index (χ0n) is 32.9. The van der Waals surface area contributed by atoms with E-state index in [0.717, 1.165) is 0 Å². The number of hydrogen-bond donors (Lipinski definition) is 10. The van der Waals surface area contributed by atoms with Gasteiger partial charge in [0, 0.05) is 19.4 Å². The van der Waals surface area contributed by atoms with Crippen LogP contribution < -0.4 is 43.8 Å². The maximum absolute atomic E-state index is 14.1. The quantitative estimate of drug-likeness (QED) is 0.0896. The van der Waals surface area contributed by atoms with Crippen molar-refractivity contribution in [3.05, 3.63) is 29.8 Å². The first-order valence-electron chi connectivity index (χ1n) is 19.8. The van der Waals surface area contributed by atoms with Gasteiger partial charge in [-0.15, -0.1) is 0 Å². The van der Waals surface area contributed by atoms with E-state index in [-0.39, 0.29) is 63.2 Å². The average Bonchev–Trinajstić information content (AvgIpc) is 3.14. The van der Waals surface area contributed by atoms with Crippen molar-refractivity contribution < 1.29 is 43.8 Å². The number of nitrogens with one attached hydrogen (secondary N) is 5. The fraction of sp³-hybridized carbons (Fsp3) is 0.667. The highest BCUT2D eigenvalue weighted by Gasteiger charge is 2.33. The van der Waals surface area contributed by atoms with Gasteiger partial charge in [0.1, 0.15) is 23.9 Å². The molecule has 0 radical (unpaired) electrons. The summed E-state index contributed by atoms with van der Waals surface area (Å²) in [4.78, 5) is 93.5. The number of nitrogens with two attached hydrogens (primary N) is 3. The number of amides is 5. The lowest BCUT2D eigenvalue weighted by Gasteiger charge is -2.27. The fourth-order valence-corrected chi connectivity index (χ4v) is 6.44. The van der Waals surface area contributed by atoms with Crippen LogP contribution in [0.4, 0.5) is 0 Å². The number of phenolic OH excluding ortho intramolecular Hbond substituents is 1. The van der Waals surface area contributed by atoms with Crippen LogP contribution in [0.5, 0.6) is 5.75 Å². The first kappa shape index (κ1) is 47.5. The number of phenols is 1. The van der Waals surface area contributed by atoms with Crippen molar-refractivity contribution in [1.29, 1.82) is 0 Å². The highest BCUT2D eigenvalue weighted by atomic mass is 16.4. The molecule has 1 saturated heterocycles. The highest BCUT2D eigenvalue weighted by Crippen LogP contribution is 2.19. The van der Waals surface area contributed by atoms with E-state index in [1.807, 2.05) is 13.8 Å². The van der Waals surface area contributed by atoms with Crippen molar-refractivity contribution in [1.82, 2.24) is 26.6 Å². The molecule has 2 rings (SSSR count). The topological polar surface area (TPSA) is 298 Å². The van der Waals surface area contributed by atoms with Gasteiger partial charge in [-0.3, -0.25) is 33.6 Å². The third-order valence-corrected chi connectivity index (χ3v) is 9.69. The molecule has 0 saturated carbocycles. The van der Waals surface area contributed by atoms with E-state index in [9.17, 15) is 43.8 Å². The van der Waals surface area contributed by atoms with Crippen molar-refractivity contribution in [3.63, 3.8) is 0 Å². The Balaban J connectivity index is 2.47. The first-order valence-corrected chi connectivity index (χ1v) is 19.8. The second-order valence-electron chi connectivity index (χ2n) is 15.0. The van der Waals surface area contributed by atoms with E-state index < -0.39 is 77.4 Å². The second-order valence-corrected chi connectivity index (χ2v) is 15.0. The van der Waals surface area contributed by atoms with Gasteiger partial charge in [-0.2, -0.15) is 0 Å². The van der Waals surface area contributed by atoms with Crippen molar-refractivity contribution >= 4 is 41.3 Å². The molecule has 5 amide bonds. The number of aromatic hydroxyl groups is 1. The van der Waals surface area contributed by atoms with Crippen molar-refractivity contribution in [2.75, 3.05) is 19.6 Å². The number of unbranched alkanes of at least 4 members (excludes halogenated alkanes) is 2. The molecule has 17 nitrogen and oxygen atoms in total. The summed E-state index contributed by atoms with van der Waals surface area (Å²) < 4.78 is 0. The van der Waals surface area contributed by atoms with Crippen molar-refractivity contribution in [2.24, 2.45) is 29.0 Å². The van der Waals surface area contributed by atoms with Gasteiger partial charge in [0.2, 0.25) is 29.5 Å². The van der Waals surface area contributed by atoms with Crippen LogP contribution in [0.3, 0.4) is 0 Å². The molecular weight excluding hydrogens is 724 g/mol. The molecule has 0 aliphatic carbocycles. The molecule has 17 heteroatoms. The average molecular weight is 789 g/mol. The number of aliphatic carboxylic acids is 1. The largest absolute Gasteiger partial charge is 0.508 e. The number of benzene rings is 1. The van der Waals surface area contributed by atoms with Gasteiger partial charge in [-0.05, 0) is 114 Å². The Kier molecular flexibility index (Phi) is 21.7. The number of carboxylic acids is 1. The second kappa shape index (κ2) is 25.5. The minimum Gasteiger partial charge on any atom is -0.508 e. The fourth-order valence-electron chi connectivity index (χ4n) is 6.44. The van der Waals surface area contributed by atoms with Gasteiger partial charge in [0.25, 0.3) is 0 Å². The van der Waals surface area contributed by atoms with Crippen LogP contribution in [-0.4, -0.2) is 101 Å². The molecule has 1 aromatic carbocycles. The summed E-state index contributed by atoms with van der Waals surface area (Å²) in [7, 11) is 0. The molecule has 1 aliphatic heterocycles. The third kappa shape index (κ3) is 17.9. The summed E-state index contributed by atoms with van der Waals surface area (Å²) in [5, 5.41) is 33.3. The lowest BCUT2D eigenvalue weighted by atomic mass is 9.89. The van der Waals surface area contributed by atoms with Crippen molar-refractivity contribution in [2.45, 2.75) is 134 Å². The van der Waals surface area contributed by atoms with E-state index in [2.05, 4.69) is 26.6 Å². The van der Waals surface area contributed by atoms with Crippen LogP contribution in [0.2, 0.25) is 0 Å². The minimum atomic E-state index is -1.35. The number of carboxylic acid groups (broad SMARTS) is 1. The van der Waals surface area contributed by atoms with Crippen molar-refractivity contribution in [3.8, 4) is 5.75 Å². The molecule has 1 aliphatic rings. The molecule has 0 aromatic heterocycles. The van der Waals surface area contributed by atoms with E-state index in [0.29, 0.717) is 63.6 Å². The number of hydrogen-bond acceptors (Lipinski definition) is 11. The molecule has 0 spiro atoms.